The molecule has 0 saturated heterocycles. The van der Waals surface area contributed by atoms with Crippen LogP contribution in [0.2, 0.25) is 0 Å². The summed E-state index contributed by atoms with van der Waals surface area (Å²) in [5.74, 6) is -0.257. The quantitative estimate of drug-likeness (QED) is 0.327. The lowest BCUT2D eigenvalue weighted by atomic mass is 10.2. The summed E-state index contributed by atoms with van der Waals surface area (Å²) in [6.07, 6.45) is 0. The molecule has 7 heteroatoms. The van der Waals surface area contributed by atoms with Gasteiger partial charge in [-0.2, -0.15) is 5.10 Å². The topological polar surface area (TPSA) is 107 Å². The molecular weight excluding hydrogens is 322 g/mol. The maximum Gasteiger partial charge on any atom is 0.347 e. The zero-order valence-corrected chi connectivity index (χ0v) is 13.4. The summed E-state index contributed by atoms with van der Waals surface area (Å²) in [7, 11) is 1.46. The zero-order chi connectivity index (χ0) is 17.8. The van der Waals surface area contributed by atoms with Crippen LogP contribution < -0.4 is 21.5 Å². The smallest absolute Gasteiger partial charge is 0.347 e. The standard InChI is InChI=1S/C18H15N3O4/c1-24-15-9-5-3-7-12(15)17(22)21-20-16(19)13-10-11-6-2-4-8-14(11)25-18(13)23/h2-10H,1H3,(H2,19,20)(H,21,22). The SMILES string of the molecule is COc1ccccc1C(=O)N/N=C(/N)c1cc2ccccc2oc1=O. The Morgan fingerprint density at radius 1 is 1.12 bits per heavy atom. The predicted molar refractivity (Wildman–Crippen MR) is 93.7 cm³/mol. The van der Waals surface area contributed by atoms with Gasteiger partial charge in [-0.3, -0.25) is 4.79 Å². The number of nitrogens with one attached hydrogen (secondary N) is 1. The monoisotopic (exact) mass is 337 g/mol. The first kappa shape index (κ1) is 16.3. The van der Waals surface area contributed by atoms with Gasteiger partial charge in [-0.05, 0) is 24.3 Å². The number of nitrogens with zero attached hydrogens (tertiary/aromatic N) is 1. The molecule has 0 bridgehead atoms. The van der Waals surface area contributed by atoms with Crippen molar-refractivity contribution in [3.05, 3.63) is 76.1 Å². The van der Waals surface area contributed by atoms with Crippen LogP contribution in [-0.2, 0) is 0 Å². The van der Waals surface area contributed by atoms with Gasteiger partial charge in [0.05, 0.1) is 12.7 Å². The van der Waals surface area contributed by atoms with Crippen molar-refractivity contribution < 1.29 is 13.9 Å². The Labute approximate surface area is 142 Å². The van der Waals surface area contributed by atoms with E-state index in [9.17, 15) is 9.59 Å². The molecule has 1 aromatic heterocycles. The van der Waals surface area contributed by atoms with Gasteiger partial charge >= 0.3 is 5.63 Å². The molecule has 0 aliphatic carbocycles. The fourth-order valence-corrected chi connectivity index (χ4v) is 2.30. The van der Waals surface area contributed by atoms with Gasteiger partial charge in [0, 0.05) is 5.39 Å². The van der Waals surface area contributed by atoms with Crippen LogP contribution in [0, 0.1) is 0 Å². The van der Waals surface area contributed by atoms with E-state index in [1.54, 1.807) is 48.5 Å². The number of amidine groups is 1. The van der Waals surface area contributed by atoms with Crippen molar-refractivity contribution in [3.63, 3.8) is 0 Å². The molecule has 25 heavy (non-hydrogen) atoms. The Bertz CT molecular complexity index is 1020. The number of hydrogen-bond donors (Lipinski definition) is 2. The van der Waals surface area contributed by atoms with Gasteiger partial charge in [0.1, 0.15) is 16.9 Å². The average Bonchev–Trinajstić information content (AvgIpc) is 2.65. The third kappa shape index (κ3) is 3.35. The Kier molecular flexibility index (Phi) is 4.47. The first-order valence-electron chi connectivity index (χ1n) is 7.40. The summed E-state index contributed by atoms with van der Waals surface area (Å²) in [5.41, 5.74) is 8.32. The number of rotatable bonds is 4. The molecule has 0 radical (unpaired) electrons. The van der Waals surface area contributed by atoms with E-state index in [2.05, 4.69) is 10.5 Å². The molecule has 126 valence electrons. The highest BCUT2D eigenvalue weighted by Crippen LogP contribution is 2.17. The van der Waals surface area contributed by atoms with Crippen LogP contribution in [0.5, 0.6) is 5.75 Å². The number of benzene rings is 2. The third-order valence-corrected chi connectivity index (χ3v) is 3.55. The van der Waals surface area contributed by atoms with E-state index < -0.39 is 11.5 Å². The highest BCUT2D eigenvalue weighted by Gasteiger charge is 2.13. The molecule has 0 saturated carbocycles. The van der Waals surface area contributed by atoms with Gasteiger partial charge in [-0.1, -0.05) is 30.3 Å². The highest BCUT2D eigenvalue weighted by molar-refractivity contribution is 6.01. The molecule has 0 fully saturated rings. The maximum atomic E-state index is 12.2. The molecule has 0 unspecified atom stereocenters. The van der Waals surface area contributed by atoms with Gasteiger partial charge in [-0.15, -0.1) is 0 Å². The summed E-state index contributed by atoms with van der Waals surface area (Å²) in [6, 6.07) is 15.3. The molecule has 1 heterocycles. The van der Waals surface area contributed by atoms with Crippen molar-refractivity contribution in [1.82, 2.24) is 5.43 Å². The number of amides is 1. The number of carbonyl (C=O) groups excluding carboxylic acids is 1. The fourth-order valence-electron chi connectivity index (χ4n) is 2.30. The van der Waals surface area contributed by atoms with Crippen LogP contribution in [0.1, 0.15) is 15.9 Å². The van der Waals surface area contributed by atoms with Crippen molar-refractivity contribution in [1.29, 1.82) is 0 Å². The summed E-state index contributed by atoms with van der Waals surface area (Å²) < 4.78 is 10.3. The highest BCUT2D eigenvalue weighted by atomic mass is 16.5. The van der Waals surface area contributed by atoms with Crippen molar-refractivity contribution >= 4 is 22.7 Å². The summed E-state index contributed by atoms with van der Waals surface area (Å²) >= 11 is 0. The first-order chi connectivity index (χ1) is 12.1. The molecule has 7 nitrogen and oxygen atoms in total. The number of fused-ring (bicyclic) bond motifs is 1. The van der Waals surface area contributed by atoms with Crippen LogP contribution in [-0.4, -0.2) is 18.9 Å². The second-order valence-corrected chi connectivity index (χ2v) is 5.12. The van der Waals surface area contributed by atoms with Gasteiger partial charge < -0.3 is 14.9 Å². The summed E-state index contributed by atoms with van der Waals surface area (Å²) in [6.45, 7) is 0. The fraction of sp³-hybridized carbons (Fsp3) is 0.0556. The van der Waals surface area contributed by atoms with E-state index in [1.165, 1.54) is 7.11 Å². The lowest BCUT2D eigenvalue weighted by molar-refractivity contribution is 0.0951. The number of ether oxygens (including phenoxy) is 1. The first-order valence-corrected chi connectivity index (χ1v) is 7.40. The van der Waals surface area contributed by atoms with E-state index in [0.29, 0.717) is 22.3 Å². The Balaban J connectivity index is 1.88. The van der Waals surface area contributed by atoms with Crippen LogP contribution in [0.4, 0.5) is 0 Å². The minimum absolute atomic E-state index is 0.0685. The Morgan fingerprint density at radius 2 is 1.84 bits per heavy atom. The number of para-hydroxylation sites is 2. The van der Waals surface area contributed by atoms with E-state index in [0.717, 1.165) is 0 Å². The van der Waals surface area contributed by atoms with Crippen molar-refractivity contribution in [3.8, 4) is 5.75 Å². The van der Waals surface area contributed by atoms with Gasteiger partial charge in [0.2, 0.25) is 0 Å². The van der Waals surface area contributed by atoms with E-state index in [-0.39, 0.29) is 11.4 Å². The van der Waals surface area contributed by atoms with Crippen LogP contribution in [0.25, 0.3) is 11.0 Å². The van der Waals surface area contributed by atoms with Gasteiger partial charge in [-0.25, -0.2) is 10.2 Å². The van der Waals surface area contributed by atoms with E-state index in [1.807, 2.05) is 6.07 Å². The lowest BCUT2D eigenvalue weighted by Gasteiger charge is -2.07. The number of hydrazone groups is 1. The Morgan fingerprint density at radius 3 is 2.64 bits per heavy atom. The van der Waals surface area contributed by atoms with Crippen molar-refractivity contribution in [2.45, 2.75) is 0 Å². The summed E-state index contributed by atoms with van der Waals surface area (Å²) in [5, 5.41) is 4.49. The molecule has 1 amide bonds. The second kappa shape index (κ2) is 6.88. The lowest BCUT2D eigenvalue weighted by Crippen LogP contribution is -2.27. The maximum absolute atomic E-state index is 12.2. The minimum Gasteiger partial charge on any atom is -0.496 e. The molecule has 0 atom stereocenters. The minimum atomic E-state index is -0.633. The van der Waals surface area contributed by atoms with E-state index >= 15 is 0 Å². The molecule has 3 aromatic rings. The number of carbonyl (C=O) groups is 1. The molecule has 3 rings (SSSR count). The largest absolute Gasteiger partial charge is 0.496 e. The number of methoxy groups -OCH3 is 1. The average molecular weight is 337 g/mol. The van der Waals surface area contributed by atoms with Crippen molar-refractivity contribution in [2.75, 3.05) is 7.11 Å². The number of hydrogen-bond acceptors (Lipinski definition) is 5. The molecule has 2 aromatic carbocycles. The van der Waals surface area contributed by atoms with Crippen LogP contribution >= 0.6 is 0 Å². The Hall–Kier alpha value is -3.61. The van der Waals surface area contributed by atoms with Crippen LogP contribution in [0.3, 0.4) is 0 Å². The van der Waals surface area contributed by atoms with E-state index in [4.69, 9.17) is 14.9 Å². The third-order valence-electron chi connectivity index (χ3n) is 3.55. The molecule has 3 N–H and O–H groups in total. The predicted octanol–water partition coefficient (Wildman–Crippen LogP) is 1.85. The second-order valence-electron chi connectivity index (χ2n) is 5.12. The normalized spacial score (nSPS) is 11.3. The zero-order valence-electron chi connectivity index (χ0n) is 13.4. The van der Waals surface area contributed by atoms with Gasteiger partial charge in [0.25, 0.3) is 5.91 Å². The molecule has 0 aliphatic heterocycles. The molecule has 0 spiro atoms. The van der Waals surface area contributed by atoms with Crippen molar-refractivity contribution in [2.24, 2.45) is 10.8 Å². The van der Waals surface area contributed by atoms with Gasteiger partial charge in [0.15, 0.2) is 5.84 Å². The molecule has 0 aliphatic rings. The number of nitrogens with two attached hydrogens (primary N) is 1. The van der Waals surface area contributed by atoms with Crippen LogP contribution in [0.15, 0.2) is 68.9 Å². The molecular formula is C18H15N3O4. The summed E-state index contributed by atoms with van der Waals surface area (Å²) in [4.78, 5) is 24.2.